The van der Waals surface area contributed by atoms with Gasteiger partial charge in [0.25, 0.3) is 11.1 Å². The van der Waals surface area contributed by atoms with E-state index in [1.165, 1.54) is 5.56 Å². The van der Waals surface area contributed by atoms with Gasteiger partial charge in [-0.25, -0.2) is 0 Å². The summed E-state index contributed by atoms with van der Waals surface area (Å²) in [5.74, 6) is -0.155. The Balaban J connectivity index is 1.20. The van der Waals surface area contributed by atoms with E-state index in [1.54, 1.807) is 6.08 Å². The van der Waals surface area contributed by atoms with Gasteiger partial charge >= 0.3 is 0 Å². The van der Waals surface area contributed by atoms with Crippen molar-refractivity contribution in [2.24, 2.45) is 0 Å². The van der Waals surface area contributed by atoms with Crippen molar-refractivity contribution in [1.29, 1.82) is 0 Å². The van der Waals surface area contributed by atoms with Crippen LogP contribution in [0.25, 0.3) is 6.08 Å². The average molecular weight is 481 g/mol. The van der Waals surface area contributed by atoms with Gasteiger partial charge in [0.1, 0.15) is 18.0 Å². The van der Waals surface area contributed by atoms with Crippen LogP contribution >= 0.6 is 11.8 Å². The molecule has 1 N–H and O–H groups in total. The van der Waals surface area contributed by atoms with E-state index in [0.717, 1.165) is 42.6 Å². The van der Waals surface area contributed by atoms with E-state index in [4.69, 9.17) is 14.2 Å². The van der Waals surface area contributed by atoms with Crippen LogP contribution in [-0.2, 0) is 20.8 Å². The van der Waals surface area contributed by atoms with Crippen LogP contribution < -0.4 is 10.1 Å². The van der Waals surface area contributed by atoms with Crippen molar-refractivity contribution < 1.29 is 23.8 Å². The summed E-state index contributed by atoms with van der Waals surface area (Å²) in [7, 11) is 0. The number of ether oxygens (including phenoxy) is 3. The SMILES string of the molecule is CC1(C)OC2CN(Cc3ccccc3)C(CCOc3ccc(/C=C4\SC(=O)NC4=O)cc3)C2O1. The van der Waals surface area contributed by atoms with Crippen molar-refractivity contribution in [3.63, 3.8) is 0 Å². The zero-order chi connectivity index (χ0) is 23.7. The molecule has 3 aliphatic heterocycles. The molecule has 3 atom stereocenters. The lowest BCUT2D eigenvalue weighted by molar-refractivity contribution is -0.162. The fourth-order valence-electron chi connectivity index (χ4n) is 4.78. The highest BCUT2D eigenvalue weighted by molar-refractivity contribution is 8.18. The molecule has 5 rings (SSSR count). The fourth-order valence-corrected chi connectivity index (χ4v) is 5.46. The Hall–Kier alpha value is -2.65. The zero-order valence-corrected chi connectivity index (χ0v) is 20.0. The van der Waals surface area contributed by atoms with Crippen LogP contribution in [0.15, 0.2) is 59.5 Å². The summed E-state index contributed by atoms with van der Waals surface area (Å²) in [6.07, 6.45) is 2.61. The summed E-state index contributed by atoms with van der Waals surface area (Å²) in [5, 5.41) is 1.92. The lowest BCUT2D eigenvalue weighted by Crippen LogP contribution is -2.39. The highest BCUT2D eigenvalue weighted by Crippen LogP contribution is 2.38. The molecule has 0 spiro atoms. The molecule has 34 heavy (non-hydrogen) atoms. The van der Waals surface area contributed by atoms with Crippen molar-refractivity contribution >= 4 is 29.0 Å². The molecule has 3 heterocycles. The van der Waals surface area contributed by atoms with Gasteiger partial charge in [-0.05, 0) is 61.4 Å². The van der Waals surface area contributed by atoms with E-state index in [-0.39, 0.29) is 29.4 Å². The van der Waals surface area contributed by atoms with Gasteiger partial charge in [0.2, 0.25) is 0 Å². The molecule has 2 amide bonds. The normalized spacial score (nSPS) is 27.2. The fraction of sp³-hybridized carbons (Fsp3) is 0.385. The molecule has 8 heteroatoms. The molecule has 0 aromatic heterocycles. The van der Waals surface area contributed by atoms with E-state index in [0.29, 0.717) is 11.5 Å². The molecule has 3 aliphatic rings. The summed E-state index contributed by atoms with van der Waals surface area (Å²) >= 11 is 0.912. The van der Waals surface area contributed by atoms with Crippen molar-refractivity contribution in [3.8, 4) is 5.75 Å². The van der Waals surface area contributed by atoms with E-state index >= 15 is 0 Å². The van der Waals surface area contributed by atoms with E-state index in [1.807, 2.05) is 44.2 Å². The van der Waals surface area contributed by atoms with Gasteiger partial charge in [0, 0.05) is 19.1 Å². The van der Waals surface area contributed by atoms with E-state index in [9.17, 15) is 9.59 Å². The van der Waals surface area contributed by atoms with Crippen molar-refractivity contribution in [2.45, 2.75) is 50.8 Å². The molecule has 178 valence electrons. The van der Waals surface area contributed by atoms with Crippen molar-refractivity contribution in [1.82, 2.24) is 10.2 Å². The third-order valence-electron chi connectivity index (χ3n) is 6.21. The smallest absolute Gasteiger partial charge is 0.290 e. The number of likely N-dealkylation sites (tertiary alicyclic amines) is 1. The molecule has 0 saturated carbocycles. The van der Waals surface area contributed by atoms with Gasteiger partial charge in [-0.3, -0.25) is 19.8 Å². The molecule has 7 nitrogen and oxygen atoms in total. The number of amides is 2. The Kier molecular flexibility index (Phi) is 6.48. The summed E-state index contributed by atoms with van der Waals surface area (Å²) in [6, 6.07) is 18.2. The molecule has 3 fully saturated rings. The summed E-state index contributed by atoms with van der Waals surface area (Å²) in [6.45, 7) is 6.19. The highest BCUT2D eigenvalue weighted by Gasteiger charge is 2.52. The number of thioether (sulfide) groups is 1. The van der Waals surface area contributed by atoms with Crippen molar-refractivity contribution in [3.05, 3.63) is 70.6 Å². The molecule has 0 radical (unpaired) electrons. The van der Waals surface area contributed by atoms with Gasteiger partial charge in [-0.15, -0.1) is 0 Å². The van der Waals surface area contributed by atoms with Gasteiger partial charge in [0.15, 0.2) is 5.79 Å². The number of nitrogens with one attached hydrogen (secondary N) is 1. The number of hydrogen-bond acceptors (Lipinski definition) is 7. The van der Waals surface area contributed by atoms with Gasteiger partial charge in [-0.2, -0.15) is 0 Å². The minimum Gasteiger partial charge on any atom is -0.494 e. The first kappa shape index (κ1) is 23.1. The molecule has 0 aliphatic carbocycles. The largest absolute Gasteiger partial charge is 0.494 e. The molecule has 0 bridgehead atoms. The molecule has 3 saturated heterocycles. The molecular formula is C26H28N2O5S. The Morgan fingerprint density at radius 3 is 2.59 bits per heavy atom. The number of fused-ring (bicyclic) bond motifs is 1. The average Bonchev–Trinajstić information content (AvgIpc) is 3.39. The van der Waals surface area contributed by atoms with E-state index < -0.39 is 5.79 Å². The van der Waals surface area contributed by atoms with Gasteiger partial charge in [0.05, 0.1) is 11.5 Å². The zero-order valence-electron chi connectivity index (χ0n) is 19.2. The Morgan fingerprint density at radius 1 is 1.12 bits per heavy atom. The summed E-state index contributed by atoms with van der Waals surface area (Å²) < 4.78 is 18.5. The first-order valence-electron chi connectivity index (χ1n) is 11.5. The number of imide groups is 1. The lowest BCUT2D eigenvalue weighted by atomic mass is 10.1. The number of benzene rings is 2. The maximum absolute atomic E-state index is 11.7. The second kappa shape index (κ2) is 9.54. The van der Waals surface area contributed by atoms with Crippen LogP contribution in [0.4, 0.5) is 4.79 Å². The topological polar surface area (TPSA) is 77.1 Å². The van der Waals surface area contributed by atoms with Gasteiger partial charge < -0.3 is 14.2 Å². The minimum absolute atomic E-state index is 0.0223. The molecule has 3 unspecified atom stereocenters. The summed E-state index contributed by atoms with van der Waals surface area (Å²) in [4.78, 5) is 25.9. The third kappa shape index (κ3) is 5.20. The third-order valence-corrected chi connectivity index (χ3v) is 7.03. The van der Waals surface area contributed by atoms with E-state index in [2.05, 4.69) is 34.5 Å². The van der Waals surface area contributed by atoms with Crippen LogP contribution in [0.2, 0.25) is 0 Å². The Morgan fingerprint density at radius 2 is 1.88 bits per heavy atom. The lowest BCUT2D eigenvalue weighted by Gasteiger charge is -2.30. The molecular weight excluding hydrogens is 452 g/mol. The number of nitrogens with zero attached hydrogens (tertiary/aromatic N) is 1. The van der Waals surface area contributed by atoms with Crippen LogP contribution in [0.1, 0.15) is 31.4 Å². The Labute approximate surface area is 203 Å². The predicted molar refractivity (Wildman–Crippen MR) is 130 cm³/mol. The number of hydrogen-bond donors (Lipinski definition) is 1. The second-order valence-corrected chi connectivity index (χ2v) is 10.2. The highest BCUT2D eigenvalue weighted by atomic mass is 32.2. The van der Waals surface area contributed by atoms with Gasteiger partial charge in [-0.1, -0.05) is 42.5 Å². The maximum Gasteiger partial charge on any atom is 0.290 e. The maximum atomic E-state index is 11.7. The molecule has 2 aromatic rings. The standard InChI is InChI=1S/C26H28N2O5S/c1-26(2)32-21-16-28(15-18-6-4-3-5-7-18)20(23(21)33-26)12-13-31-19-10-8-17(9-11-19)14-22-24(29)27-25(30)34-22/h3-11,14,20-21,23H,12-13,15-16H2,1-2H3,(H,27,29,30)/b22-14-. The quantitative estimate of drug-likeness (QED) is 0.596. The van der Waals surface area contributed by atoms with Crippen LogP contribution in [0.3, 0.4) is 0 Å². The number of carbonyl (C=O) groups excluding carboxylic acids is 2. The first-order chi connectivity index (χ1) is 16.4. The number of carbonyl (C=O) groups is 2. The summed E-state index contributed by atoms with van der Waals surface area (Å²) in [5.41, 5.74) is 2.11. The second-order valence-electron chi connectivity index (χ2n) is 9.18. The van der Waals surface area contributed by atoms with Crippen LogP contribution in [0.5, 0.6) is 5.75 Å². The van der Waals surface area contributed by atoms with Crippen LogP contribution in [0, 0.1) is 0 Å². The van der Waals surface area contributed by atoms with Crippen molar-refractivity contribution in [2.75, 3.05) is 13.2 Å². The Bertz CT molecular complexity index is 1090. The number of rotatable bonds is 7. The van der Waals surface area contributed by atoms with Crippen LogP contribution in [-0.4, -0.2) is 53.2 Å². The molecule has 2 aromatic carbocycles. The monoisotopic (exact) mass is 480 g/mol. The minimum atomic E-state index is -0.559. The first-order valence-corrected chi connectivity index (χ1v) is 12.3. The predicted octanol–water partition coefficient (Wildman–Crippen LogP) is 4.18.